The molecule has 1 N–H and O–H groups in total. The molecule has 0 radical (unpaired) electrons. The maximum absolute atomic E-state index is 12.4. The van der Waals surface area contributed by atoms with Crippen molar-refractivity contribution < 1.29 is 9.53 Å². The number of benzene rings is 1. The van der Waals surface area contributed by atoms with Crippen LogP contribution >= 0.6 is 27.5 Å². The molecule has 1 aliphatic heterocycles. The van der Waals surface area contributed by atoms with Crippen molar-refractivity contribution in [3.8, 4) is 0 Å². The third-order valence-electron chi connectivity index (χ3n) is 3.14. The number of amides is 1. The molecule has 0 aromatic heterocycles. The quantitative estimate of drug-likeness (QED) is 0.807. The van der Waals surface area contributed by atoms with Crippen LogP contribution in [0.1, 0.15) is 32.4 Å². The van der Waals surface area contributed by atoms with Gasteiger partial charge in [0, 0.05) is 29.1 Å². The molecule has 21 heavy (non-hydrogen) atoms. The summed E-state index contributed by atoms with van der Waals surface area (Å²) in [5.74, 6) is 0. The Balaban J connectivity index is 2.24. The number of nitrogens with zero attached hydrogens (tertiary/aromatic N) is 1. The van der Waals surface area contributed by atoms with Gasteiger partial charge >= 0.3 is 6.09 Å². The van der Waals surface area contributed by atoms with Crippen molar-refractivity contribution in [1.82, 2.24) is 10.2 Å². The summed E-state index contributed by atoms with van der Waals surface area (Å²) in [6, 6.07) is 5.63. The van der Waals surface area contributed by atoms with Crippen LogP contribution in [0.2, 0.25) is 5.02 Å². The number of carbonyl (C=O) groups excluding carboxylic acids is 1. The van der Waals surface area contributed by atoms with Crippen LogP contribution in [-0.2, 0) is 4.74 Å². The predicted octanol–water partition coefficient (Wildman–Crippen LogP) is 3.98. The highest BCUT2D eigenvalue weighted by molar-refractivity contribution is 9.10. The van der Waals surface area contributed by atoms with E-state index in [1.165, 1.54) is 0 Å². The molecule has 0 saturated carbocycles. The Kier molecular flexibility index (Phi) is 5.17. The molecule has 1 aliphatic rings. The molecular formula is C15H20BrClN2O2. The third kappa shape index (κ3) is 4.59. The van der Waals surface area contributed by atoms with Crippen LogP contribution in [0.15, 0.2) is 22.7 Å². The van der Waals surface area contributed by atoms with Crippen molar-refractivity contribution in [3.63, 3.8) is 0 Å². The Labute approximate surface area is 138 Å². The standard InChI is InChI=1S/C15H20BrClN2O2/c1-15(2,3)21-14(20)19-5-4-18-9-13(19)10-6-11(16)8-12(17)7-10/h6-8,13,18H,4-5,9H2,1-3H3. The number of hydrogen-bond donors (Lipinski definition) is 1. The highest BCUT2D eigenvalue weighted by Gasteiger charge is 2.31. The Morgan fingerprint density at radius 2 is 2.14 bits per heavy atom. The fraction of sp³-hybridized carbons (Fsp3) is 0.533. The zero-order chi connectivity index (χ0) is 15.6. The number of hydrogen-bond acceptors (Lipinski definition) is 3. The minimum Gasteiger partial charge on any atom is -0.444 e. The van der Waals surface area contributed by atoms with Crippen molar-refractivity contribution in [3.05, 3.63) is 33.3 Å². The number of ether oxygens (including phenoxy) is 1. The van der Waals surface area contributed by atoms with Crippen LogP contribution in [0.5, 0.6) is 0 Å². The molecule has 4 nitrogen and oxygen atoms in total. The van der Waals surface area contributed by atoms with Crippen molar-refractivity contribution in [1.29, 1.82) is 0 Å². The van der Waals surface area contributed by atoms with Gasteiger partial charge in [-0.05, 0) is 44.5 Å². The molecule has 0 aliphatic carbocycles. The molecule has 1 aromatic carbocycles. The van der Waals surface area contributed by atoms with Gasteiger partial charge in [-0.3, -0.25) is 4.90 Å². The molecule has 1 heterocycles. The summed E-state index contributed by atoms with van der Waals surface area (Å²) in [5, 5.41) is 3.96. The first-order chi connectivity index (χ1) is 9.76. The van der Waals surface area contributed by atoms with Crippen LogP contribution in [0.4, 0.5) is 4.79 Å². The second-order valence-electron chi connectivity index (χ2n) is 6.10. The molecule has 2 rings (SSSR count). The van der Waals surface area contributed by atoms with Crippen molar-refractivity contribution in [2.75, 3.05) is 19.6 Å². The summed E-state index contributed by atoms with van der Waals surface area (Å²) < 4.78 is 6.41. The molecule has 1 aromatic rings. The number of piperazine rings is 1. The van der Waals surface area contributed by atoms with E-state index in [0.717, 1.165) is 16.6 Å². The van der Waals surface area contributed by atoms with Gasteiger partial charge in [-0.15, -0.1) is 0 Å². The fourth-order valence-electron chi connectivity index (χ4n) is 2.31. The van der Waals surface area contributed by atoms with Crippen molar-refractivity contribution in [2.24, 2.45) is 0 Å². The molecule has 1 amide bonds. The molecular weight excluding hydrogens is 356 g/mol. The first-order valence-electron chi connectivity index (χ1n) is 6.92. The normalized spacial score (nSPS) is 19.5. The minimum absolute atomic E-state index is 0.0800. The van der Waals surface area contributed by atoms with Crippen LogP contribution in [0.3, 0.4) is 0 Å². The largest absolute Gasteiger partial charge is 0.444 e. The monoisotopic (exact) mass is 374 g/mol. The van der Waals surface area contributed by atoms with Gasteiger partial charge in [0.25, 0.3) is 0 Å². The first kappa shape index (κ1) is 16.6. The van der Waals surface area contributed by atoms with E-state index in [9.17, 15) is 4.79 Å². The number of rotatable bonds is 1. The molecule has 1 fully saturated rings. The van der Waals surface area contributed by atoms with Gasteiger partial charge in [0.2, 0.25) is 0 Å². The van der Waals surface area contributed by atoms with Crippen molar-refractivity contribution in [2.45, 2.75) is 32.4 Å². The Morgan fingerprint density at radius 3 is 2.76 bits per heavy atom. The maximum atomic E-state index is 12.4. The molecule has 0 spiro atoms. The maximum Gasteiger partial charge on any atom is 0.410 e. The minimum atomic E-state index is -0.499. The second kappa shape index (κ2) is 6.55. The predicted molar refractivity (Wildman–Crippen MR) is 87.7 cm³/mol. The molecule has 116 valence electrons. The van der Waals surface area contributed by atoms with E-state index in [1.54, 1.807) is 4.90 Å². The lowest BCUT2D eigenvalue weighted by Gasteiger charge is -2.37. The van der Waals surface area contributed by atoms with Crippen LogP contribution in [0.25, 0.3) is 0 Å². The summed E-state index contributed by atoms with van der Waals surface area (Å²) in [4.78, 5) is 14.2. The third-order valence-corrected chi connectivity index (χ3v) is 3.82. The second-order valence-corrected chi connectivity index (χ2v) is 7.45. The van der Waals surface area contributed by atoms with E-state index in [0.29, 0.717) is 18.1 Å². The topological polar surface area (TPSA) is 41.6 Å². The highest BCUT2D eigenvalue weighted by Crippen LogP contribution is 2.29. The zero-order valence-electron chi connectivity index (χ0n) is 12.5. The van der Waals surface area contributed by atoms with E-state index in [4.69, 9.17) is 16.3 Å². The van der Waals surface area contributed by atoms with Gasteiger partial charge in [-0.25, -0.2) is 4.79 Å². The molecule has 1 saturated heterocycles. The Bertz CT molecular complexity index is 511. The summed E-state index contributed by atoms with van der Waals surface area (Å²) in [6.07, 6.45) is -0.287. The lowest BCUT2D eigenvalue weighted by Crippen LogP contribution is -2.50. The van der Waals surface area contributed by atoms with Gasteiger partial charge in [-0.1, -0.05) is 27.5 Å². The van der Waals surface area contributed by atoms with Gasteiger partial charge in [0.1, 0.15) is 5.60 Å². The highest BCUT2D eigenvalue weighted by atomic mass is 79.9. The van der Waals surface area contributed by atoms with E-state index in [2.05, 4.69) is 21.2 Å². The SMILES string of the molecule is CC(C)(C)OC(=O)N1CCNCC1c1cc(Cl)cc(Br)c1. The zero-order valence-corrected chi connectivity index (χ0v) is 14.8. The summed E-state index contributed by atoms with van der Waals surface area (Å²) in [7, 11) is 0. The van der Waals surface area contributed by atoms with E-state index >= 15 is 0 Å². The van der Waals surface area contributed by atoms with Gasteiger partial charge < -0.3 is 10.1 Å². The smallest absolute Gasteiger partial charge is 0.410 e. The van der Waals surface area contributed by atoms with Crippen molar-refractivity contribution >= 4 is 33.6 Å². The summed E-state index contributed by atoms with van der Waals surface area (Å²) in [5.41, 5.74) is 0.494. The molecule has 1 atom stereocenters. The number of carbonyl (C=O) groups is 1. The molecule has 6 heteroatoms. The number of halogens is 2. The number of nitrogens with one attached hydrogen (secondary N) is 1. The summed E-state index contributed by atoms with van der Waals surface area (Å²) in [6.45, 7) is 7.68. The van der Waals surface area contributed by atoms with Gasteiger partial charge in [-0.2, -0.15) is 0 Å². The van der Waals surface area contributed by atoms with E-state index < -0.39 is 5.60 Å². The van der Waals surface area contributed by atoms with Gasteiger partial charge in [0.05, 0.1) is 6.04 Å². The Morgan fingerprint density at radius 1 is 1.43 bits per heavy atom. The van der Waals surface area contributed by atoms with E-state index in [-0.39, 0.29) is 12.1 Å². The fourth-order valence-corrected chi connectivity index (χ4v) is 3.20. The van der Waals surface area contributed by atoms with Crippen LogP contribution in [-0.4, -0.2) is 36.2 Å². The van der Waals surface area contributed by atoms with Gasteiger partial charge in [0.15, 0.2) is 0 Å². The Hall–Kier alpha value is -0.780. The summed E-state index contributed by atoms with van der Waals surface area (Å²) >= 11 is 9.56. The van der Waals surface area contributed by atoms with Crippen LogP contribution in [0, 0.1) is 0 Å². The first-order valence-corrected chi connectivity index (χ1v) is 8.10. The average Bonchev–Trinajstić information content (AvgIpc) is 2.35. The average molecular weight is 376 g/mol. The molecule has 1 unspecified atom stereocenters. The van der Waals surface area contributed by atoms with Crippen LogP contribution < -0.4 is 5.32 Å². The lowest BCUT2D eigenvalue weighted by molar-refractivity contribution is 0.0118. The molecule has 0 bridgehead atoms. The van der Waals surface area contributed by atoms with E-state index in [1.807, 2.05) is 39.0 Å². The lowest BCUT2D eigenvalue weighted by atomic mass is 10.0.